The molecular weight excluding hydrogens is 702 g/mol. The van der Waals surface area contributed by atoms with Crippen LogP contribution >= 0.6 is 0 Å². The molecule has 2 aromatic rings. The van der Waals surface area contributed by atoms with Gasteiger partial charge in [0.1, 0.15) is 5.76 Å². The third kappa shape index (κ3) is 9.45. The van der Waals surface area contributed by atoms with Crippen LogP contribution in [-0.2, 0) is 33.3 Å². The van der Waals surface area contributed by atoms with E-state index in [1.54, 1.807) is 27.7 Å². The van der Waals surface area contributed by atoms with E-state index in [9.17, 15) is 31.2 Å². The van der Waals surface area contributed by atoms with Gasteiger partial charge in [-0.25, -0.2) is 0 Å². The highest BCUT2D eigenvalue weighted by Crippen LogP contribution is 2.50. The van der Waals surface area contributed by atoms with Crippen molar-refractivity contribution in [2.45, 2.75) is 127 Å². The van der Waals surface area contributed by atoms with Gasteiger partial charge in [-0.1, -0.05) is 88.0 Å². The summed E-state index contributed by atoms with van der Waals surface area (Å²) in [5, 5.41) is 1.21. The van der Waals surface area contributed by atoms with E-state index in [0.717, 1.165) is 10.4 Å². The summed E-state index contributed by atoms with van der Waals surface area (Å²) in [6, 6.07) is 19.5. The summed E-state index contributed by atoms with van der Waals surface area (Å²) in [5.74, 6) is -1.52. The minimum Gasteiger partial charge on any atom is -0.465 e. The molecule has 51 heavy (non-hydrogen) atoms. The summed E-state index contributed by atoms with van der Waals surface area (Å²) < 4.78 is 85.7. The van der Waals surface area contributed by atoms with E-state index in [2.05, 4.69) is 24.6 Å². The number of benzene rings is 2. The van der Waals surface area contributed by atoms with Gasteiger partial charge in [0, 0.05) is 12.3 Å². The Labute approximate surface area is 302 Å². The summed E-state index contributed by atoms with van der Waals surface area (Å²) in [4.78, 5) is 25.1. The van der Waals surface area contributed by atoms with E-state index in [1.165, 1.54) is 0 Å². The fraction of sp³-hybridized carbons (Fsp3) is 0.605. The number of halogens is 3. The molecule has 13 heteroatoms. The van der Waals surface area contributed by atoms with Crippen molar-refractivity contribution in [3.8, 4) is 0 Å². The maximum atomic E-state index is 13.0. The zero-order chi connectivity index (χ0) is 37.9. The Morgan fingerprint density at radius 3 is 2.10 bits per heavy atom. The van der Waals surface area contributed by atoms with Gasteiger partial charge >= 0.3 is 21.6 Å². The molecule has 0 saturated carbocycles. The SMILES string of the molecule is C=C(OS(=O)(=O)C(F)(F)F)[C@H](C)C[C@H]1CC[C@@H]2O[C@@H](CCCOC(=O)C(C)(C)C)C[C@]2(CCC(C)(C)[Si](O)(c2ccccc2)c2ccccc2)O1. The normalized spacial score (nSPS) is 23.7. The molecule has 0 amide bonds. The summed E-state index contributed by atoms with van der Waals surface area (Å²) in [6.07, 6.45) is 3.39. The molecule has 2 saturated heterocycles. The summed E-state index contributed by atoms with van der Waals surface area (Å²) in [7, 11) is -9.19. The fourth-order valence-corrected chi connectivity index (χ4v) is 11.5. The van der Waals surface area contributed by atoms with E-state index >= 15 is 0 Å². The van der Waals surface area contributed by atoms with E-state index < -0.39 is 57.8 Å². The number of fused-ring (bicyclic) bond motifs is 1. The number of rotatable bonds is 15. The van der Waals surface area contributed by atoms with Crippen LogP contribution in [-0.4, -0.2) is 63.5 Å². The van der Waals surface area contributed by atoms with Crippen molar-refractivity contribution in [1.29, 1.82) is 0 Å². The molecule has 284 valence electrons. The Morgan fingerprint density at radius 1 is 1.00 bits per heavy atom. The van der Waals surface area contributed by atoms with Gasteiger partial charge in [-0.05, 0) is 81.1 Å². The number of carbonyl (C=O) groups excluding carboxylic acids is 1. The van der Waals surface area contributed by atoms with E-state index in [0.29, 0.717) is 44.9 Å². The third-order valence-corrected chi connectivity index (χ3v) is 15.9. The van der Waals surface area contributed by atoms with Gasteiger partial charge in [0.15, 0.2) is 0 Å². The first-order valence-electron chi connectivity index (χ1n) is 17.6. The first-order chi connectivity index (χ1) is 23.6. The smallest absolute Gasteiger partial charge is 0.465 e. The molecule has 2 fully saturated rings. The van der Waals surface area contributed by atoms with Gasteiger partial charge in [-0.2, -0.15) is 21.6 Å². The molecule has 5 atom stereocenters. The van der Waals surface area contributed by atoms with E-state index in [4.69, 9.17) is 14.2 Å². The topological polar surface area (TPSA) is 108 Å². The molecule has 0 aliphatic carbocycles. The molecule has 0 bridgehead atoms. The maximum absolute atomic E-state index is 13.0. The highest BCUT2D eigenvalue weighted by Gasteiger charge is 2.56. The van der Waals surface area contributed by atoms with Gasteiger partial charge in [-0.15, -0.1) is 0 Å². The first-order valence-corrected chi connectivity index (χ1v) is 21.0. The second-order valence-electron chi connectivity index (χ2n) is 15.8. The Bertz CT molecular complexity index is 1550. The summed E-state index contributed by atoms with van der Waals surface area (Å²) >= 11 is 0. The number of ether oxygens (including phenoxy) is 3. The zero-order valence-electron chi connectivity index (χ0n) is 30.5. The minimum atomic E-state index is -5.84. The highest BCUT2D eigenvalue weighted by molar-refractivity contribution is 7.87. The van der Waals surface area contributed by atoms with Crippen LogP contribution in [0, 0.1) is 11.3 Å². The number of alkyl halides is 3. The summed E-state index contributed by atoms with van der Waals surface area (Å²) in [5.41, 5.74) is -6.93. The lowest BCUT2D eigenvalue weighted by molar-refractivity contribution is -0.174. The van der Waals surface area contributed by atoms with Gasteiger partial charge in [-0.3, -0.25) is 4.79 Å². The van der Waals surface area contributed by atoms with Crippen LogP contribution in [0.25, 0.3) is 0 Å². The monoisotopic (exact) mass is 754 g/mol. The Hall–Kier alpha value is -2.71. The molecule has 0 aromatic heterocycles. The quantitative estimate of drug-likeness (QED) is 0.0511. The molecule has 0 unspecified atom stereocenters. The molecule has 2 aliphatic rings. The molecule has 4 rings (SSSR count). The highest BCUT2D eigenvalue weighted by atomic mass is 32.2. The number of carbonyl (C=O) groups is 1. The van der Waals surface area contributed by atoms with Crippen molar-refractivity contribution in [3.63, 3.8) is 0 Å². The molecule has 2 aromatic carbocycles. The van der Waals surface area contributed by atoms with Crippen LogP contribution in [0.5, 0.6) is 0 Å². The van der Waals surface area contributed by atoms with Gasteiger partial charge in [0.2, 0.25) is 0 Å². The first kappa shape index (κ1) is 41.0. The van der Waals surface area contributed by atoms with Crippen LogP contribution < -0.4 is 10.4 Å². The van der Waals surface area contributed by atoms with Crippen molar-refractivity contribution >= 4 is 34.8 Å². The fourth-order valence-electron chi connectivity index (χ4n) is 7.26. The zero-order valence-corrected chi connectivity index (χ0v) is 32.3. The van der Waals surface area contributed by atoms with Gasteiger partial charge < -0.3 is 23.2 Å². The number of esters is 1. The lowest BCUT2D eigenvalue weighted by atomic mass is 9.80. The molecule has 2 heterocycles. The van der Waals surface area contributed by atoms with Gasteiger partial charge in [0.05, 0.1) is 35.9 Å². The Kier molecular flexibility index (Phi) is 12.7. The average Bonchev–Trinajstić information content (AvgIpc) is 3.42. The van der Waals surface area contributed by atoms with Crippen molar-refractivity contribution in [3.05, 3.63) is 73.0 Å². The number of allylic oxidation sites excluding steroid dienone is 1. The lowest BCUT2D eigenvalue weighted by Gasteiger charge is -2.46. The maximum Gasteiger partial charge on any atom is 0.534 e. The second kappa shape index (κ2) is 15.7. The molecule has 2 aliphatic heterocycles. The predicted molar refractivity (Wildman–Crippen MR) is 192 cm³/mol. The number of hydrogen-bond donors (Lipinski definition) is 1. The predicted octanol–water partition coefficient (Wildman–Crippen LogP) is 7.15. The Morgan fingerprint density at radius 2 is 1.57 bits per heavy atom. The Balaban J connectivity index is 1.56. The van der Waals surface area contributed by atoms with E-state index in [1.807, 2.05) is 60.7 Å². The van der Waals surface area contributed by atoms with E-state index in [-0.39, 0.29) is 31.2 Å². The van der Waals surface area contributed by atoms with Crippen molar-refractivity contribution in [2.75, 3.05) is 6.61 Å². The van der Waals surface area contributed by atoms with Gasteiger partial charge in [0.25, 0.3) is 8.32 Å². The molecule has 1 N–H and O–H groups in total. The second-order valence-corrected chi connectivity index (χ2v) is 21.2. The lowest BCUT2D eigenvalue weighted by Crippen LogP contribution is -2.65. The molecule has 0 spiro atoms. The largest absolute Gasteiger partial charge is 0.534 e. The van der Waals surface area contributed by atoms with Crippen LogP contribution in [0.2, 0.25) is 5.04 Å². The standard InChI is InChI=1S/C38H53F3O8SSi/c1-27(28(2)49-50(43,44)38(39,40)41)25-29-20-21-33-37(48-29,26-30(47-33)15-14-24-46-34(42)35(3,4)5)23-22-36(6,7)51(45,31-16-10-8-11-17-31)32-18-12-9-13-19-32/h8-13,16-19,27,29-30,33,45H,2,14-15,20-26H2,1,3-7H3/t27-,29-,30+,33+,37+/m1/s1. The van der Waals surface area contributed by atoms with Crippen molar-refractivity contribution in [1.82, 2.24) is 0 Å². The molecule has 8 nitrogen and oxygen atoms in total. The third-order valence-electron chi connectivity index (χ3n) is 10.4. The van der Waals surface area contributed by atoms with Crippen LogP contribution in [0.3, 0.4) is 0 Å². The number of hydrogen-bond acceptors (Lipinski definition) is 8. The van der Waals surface area contributed by atoms with Crippen LogP contribution in [0.15, 0.2) is 73.0 Å². The minimum absolute atomic E-state index is 0.183. The molecular formula is C38H53F3O8SSi. The van der Waals surface area contributed by atoms with Crippen LogP contribution in [0.4, 0.5) is 13.2 Å². The molecule has 0 radical (unpaired) electrons. The van der Waals surface area contributed by atoms with Crippen LogP contribution in [0.1, 0.15) is 92.9 Å². The average molecular weight is 755 g/mol. The van der Waals surface area contributed by atoms with Crippen molar-refractivity contribution < 1.29 is 49.6 Å². The summed E-state index contributed by atoms with van der Waals surface area (Å²) in [6.45, 7) is 14.9. The van der Waals surface area contributed by atoms with Crippen molar-refractivity contribution in [2.24, 2.45) is 11.3 Å².